The average molecular weight is 344 g/mol. The molecule has 0 saturated heterocycles. The first kappa shape index (κ1) is 14.4. The topological polar surface area (TPSA) is 9.23 Å². The first-order valence-electron chi connectivity index (χ1n) is 5.82. The maximum atomic E-state index is 13.4. The zero-order valence-corrected chi connectivity index (χ0v) is 12.7. The van der Waals surface area contributed by atoms with Gasteiger partial charge in [0.15, 0.2) is 0 Å². The van der Waals surface area contributed by atoms with E-state index < -0.39 is 5.82 Å². The summed E-state index contributed by atoms with van der Waals surface area (Å²) in [5, 5.41) is 0.173. The second kappa shape index (κ2) is 6.40. The van der Waals surface area contributed by atoms with E-state index in [2.05, 4.69) is 15.9 Å². The fourth-order valence-corrected chi connectivity index (χ4v) is 3.02. The molecule has 0 bridgehead atoms. The Morgan fingerprint density at radius 3 is 2.74 bits per heavy atom. The molecule has 0 N–H and O–H groups in total. The van der Waals surface area contributed by atoms with Crippen molar-refractivity contribution >= 4 is 27.5 Å². The normalized spacial score (nSPS) is 12.2. The molecule has 0 saturated carbocycles. The Morgan fingerprint density at radius 2 is 2.00 bits per heavy atom. The molecule has 0 amide bonds. The number of hydrogen-bond donors (Lipinski definition) is 0. The highest BCUT2D eigenvalue weighted by molar-refractivity contribution is 9.09. The van der Waals surface area contributed by atoms with Gasteiger partial charge in [-0.3, -0.25) is 0 Å². The van der Waals surface area contributed by atoms with Crippen LogP contribution in [0.1, 0.15) is 16.0 Å². The first-order chi connectivity index (χ1) is 9.11. The number of ether oxygens (including phenoxy) is 1. The number of halogens is 3. The lowest BCUT2D eigenvalue weighted by Gasteiger charge is -2.13. The van der Waals surface area contributed by atoms with Crippen molar-refractivity contribution in [1.82, 2.24) is 0 Å². The molecule has 4 heteroatoms. The third-order valence-corrected chi connectivity index (χ3v) is 4.08. The van der Waals surface area contributed by atoms with Crippen molar-refractivity contribution in [1.29, 1.82) is 0 Å². The minimum absolute atomic E-state index is 0.0391. The molecular formula is C15H13BrClFO. The molecule has 0 aliphatic rings. The Hall–Kier alpha value is -1.06. The summed E-state index contributed by atoms with van der Waals surface area (Å²) in [7, 11) is 1.63. The highest BCUT2D eigenvalue weighted by atomic mass is 79.9. The van der Waals surface area contributed by atoms with Gasteiger partial charge in [0.2, 0.25) is 0 Å². The minimum Gasteiger partial charge on any atom is -0.497 e. The van der Waals surface area contributed by atoms with Crippen molar-refractivity contribution in [3.05, 3.63) is 64.4 Å². The average Bonchev–Trinajstić information content (AvgIpc) is 2.42. The molecule has 0 aliphatic heterocycles. The fourth-order valence-electron chi connectivity index (χ4n) is 1.88. The van der Waals surface area contributed by atoms with E-state index in [1.807, 2.05) is 30.3 Å². The summed E-state index contributed by atoms with van der Waals surface area (Å²) in [5.74, 6) is 0.414. The molecule has 2 rings (SSSR count). The summed E-state index contributed by atoms with van der Waals surface area (Å²) < 4.78 is 18.6. The predicted octanol–water partition coefficient (Wildman–Crippen LogP) is 5.17. The molecule has 1 nitrogen and oxygen atoms in total. The standard InChI is InChI=1S/C15H13BrClFO/c1-19-11-5-2-4-10(8-11)9-13(16)12-6-3-7-14(18)15(12)17/h2-8,13H,9H2,1H3. The third kappa shape index (κ3) is 3.48. The van der Waals surface area contributed by atoms with Gasteiger partial charge in [0.05, 0.1) is 12.1 Å². The largest absolute Gasteiger partial charge is 0.497 e. The molecule has 0 heterocycles. The van der Waals surface area contributed by atoms with Crippen LogP contribution in [0.3, 0.4) is 0 Å². The summed E-state index contributed by atoms with van der Waals surface area (Å²) in [6.45, 7) is 0. The van der Waals surface area contributed by atoms with Crippen LogP contribution in [0, 0.1) is 5.82 Å². The van der Waals surface area contributed by atoms with Crippen LogP contribution in [0.4, 0.5) is 4.39 Å². The lowest BCUT2D eigenvalue weighted by Crippen LogP contribution is -1.98. The zero-order valence-electron chi connectivity index (χ0n) is 10.4. The van der Waals surface area contributed by atoms with Crippen molar-refractivity contribution < 1.29 is 9.13 Å². The highest BCUT2D eigenvalue weighted by Crippen LogP contribution is 2.34. The second-order valence-corrected chi connectivity index (χ2v) is 5.65. The number of rotatable bonds is 4. The van der Waals surface area contributed by atoms with Gasteiger partial charge in [-0.25, -0.2) is 4.39 Å². The van der Waals surface area contributed by atoms with Crippen molar-refractivity contribution in [3.63, 3.8) is 0 Å². The van der Waals surface area contributed by atoms with Crippen LogP contribution in [0.15, 0.2) is 42.5 Å². The molecule has 19 heavy (non-hydrogen) atoms. The minimum atomic E-state index is -0.394. The van der Waals surface area contributed by atoms with Gasteiger partial charge < -0.3 is 4.74 Å². The fraction of sp³-hybridized carbons (Fsp3) is 0.200. The zero-order chi connectivity index (χ0) is 13.8. The van der Waals surface area contributed by atoms with Gasteiger partial charge in [0.25, 0.3) is 0 Å². The number of hydrogen-bond acceptors (Lipinski definition) is 1. The Bertz CT molecular complexity index is 574. The Labute approximate surface area is 125 Å². The van der Waals surface area contributed by atoms with E-state index in [-0.39, 0.29) is 9.85 Å². The Morgan fingerprint density at radius 1 is 1.26 bits per heavy atom. The van der Waals surface area contributed by atoms with Crippen LogP contribution in [0.25, 0.3) is 0 Å². The number of benzene rings is 2. The van der Waals surface area contributed by atoms with Crippen LogP contribution < -0.4 is 4.74 Å². The van der Waals surface area contributed by atoms with Gasteiger partial charge in [0, 0.05) is 4.83 Å². The van der Waals surface area contributed by atoms with E-state index in [0.717, 1.165) is 16.9 Å². The van der Waals surface area contributed by atoms with Gasteiger partial charge >= 0.3 is 0 Å². The van der Waals surface area contributed by atoms with Crippen LogP contribution in [-0.2, 0) is 6.42 Å². The predicted molar refractivity (Wildman–Crippen MR) is 79.8 cm³/mol. The van der Waals surface area contributed by atoms with E-state index in [9.17, 15) is 4.39 Å². The van der Waals surface area contributed by atoms with Gasteiger partial charge in [0.1, 0.15) is 11.6 Å². The van der Waals surface area contributed by atoms with Crippen molar-refractivity contribution in [3.8, 4) is 5.75 Å². The van der Waals surface area contributed by atoms with E-state index in [4.69, 9.17) is 16.3 Å². The number of methoxy groups -OCH3 is 1. The van der Waals surface area contributed by atoms with E-state index in [0.29, 0.717) is 6.42 Å². The molecule has 0 aliphatic carbocycles. The summed E-state index contributed by atoms with van der Waals surface area (Å²) in [5.41, 5.74) is 1.85. The maximum Gasteiger partial charge on any atom is 0.142 e. The molecule has 1 atom stereocenters. The van der Waals surface area contributed by atoms with Gasteiger partial charge in [-0.1, -0.05) is 51.8 Å². The van der Waals surface area contributed by atoms with E-state index in [1.54, 1.807) is 13.2 Å². The third-order valence-electron chi connectivity index (χ3n) is 2.87. The van der Waals surface area contributed by atoms with Gasteiger partial charge in [-0.2, -0.15) is 0 Å². The second-order valence-electron chi connectivity index (χ2n) is 4.17. The summed E-state index contributed by atoms with van der Waals surface area (Å²) >= 11 is 9.55. The first-order valence-corrected chi connectivity index (χ1v) is 7.12. The van der Waals surface area contributed by atoms with Crippen LogP contribution in [-0.4, -0.2) is 7.11 Å². The molecule has 0 aromatic heterocycles. The smallest absolute Gasteiger partial charge is 0.142 e. The van der Waals surface area contributed by atoms with Crippen molar-refractivity contribution in [2.45, 2.75) is 11.2 Å². The van der Waals surface area contributed by atoms with E-state index in [1.165, 1.54) is 6.07 Å². The lowest BCUT2D eigenvalue weighted by atomic mass is 10.0. The summed E-state index contributed by atoms with van der Waals surface area (Å²) in [4.78, 5) is -0.0391. The summed E-state index contributed by atoms with van der Waals surface area (Å²) in [6, 6.07) is 12.6. The molecule has 2 aromatic rings. The maximum absolute atomic E-state index is 13.4. The molecule has 2 aromatic carbocycles. The molecule has 1 unspecified atom stereocenters. The van der Waals surface area contributed by atoms with Gasteiger partial charge in [-0.05, 0) is 35.7 Å². The van der Waals surface area contributed by atoms with E-state index >= 15 is 0 Å². The molecule has 100 valence electrons. The quantitative estimate of drug-likeness (QED) is 0.696. The van der Waals surface area contributed by atoms with Crippen LogP contribution in [0.2, 0.25) is 5.02 Å². The van der Waals surface area contributed by atoms with Crippen LogP contribution >= 0.6 is 27.5 Å². The van der Waals surface area contributed by atoms with Crippen LogP contribution in [0.5, 0.6) is 5.75 Å². The summed E-state index contributed by atoms with van der Waals surface area (Å²) in [6.07, 6.45) is 0.709. The monoisotopic (exact) mass is 342 g/mol. The number of alkyl halides is 1. The molecule has 0 fully saturated rings. The van der Waals surface area contributed by atoms with Crippen molar-refractivity contribution in [2.24, 2.45) is 0 Å². The Balaban J connectivity index is 2.20. The van der Waals surface area contributed by atoms with Crippen molar-refractivity contribution in [2.75, 3.05) is 7.11 Å². The Kier molecular flexibility index (Phi) is 4.83. The molecule has 0 radical (unpaired) electrons. The van der Waals surface area contributed by atoms with Gasteiger partial charge in [-0.15, -0.1) is 0 Å². The SMILES string of the molecule is COc1cccc(CC(Br)c2cccc(F)c2Cl)c1. The molecule has 0 spiro atoms. The highest BCUT2D eigenvalue weighted by Gasteiger charge is 2.14. The lowest BCUT2D eigenvalue weighted by molar-refractivity contribution is 0.414. The molecular weight excluding hydrogens is 331 g/mol.